The maximum atomic E-state index is 13.2. The second-order valence-corrected chi connectivity index (χ2v) is 6.69. The molecular formula is C21H21FN4O3. The van der Waals surface area contributed by atoms with Crippen LogP contribution in [-0.4, -0.2) is 38.8 Å². The summed E-state index contributed by atoms with van der Waals surface area (Å²) in [5.74, 6) is -1.86. The molecule has 1 aromatic heterocycles. The van der Waals surface area contributed by atoms with E-state index in [1.165, 1.54) is 35.1 Å². The van der Waals surface area contributed by atoms with Gasteiger partial charge in [0, 0.05) is 18.8 Å². The van der Waals surface area contributed by atoms with Crippen LogP contribution in [-0.2, 0) is 18.3 Å². The van der Waals surface area contributed by atoms with E-state index in [1.54, 1.807) is 7.05 Å². The lowest BCUT2D eigenvalue weighted by molar-refractivity contribution is -0.127. The molecule has 0 aliphatic rings. The Morgan fingerprint density at radius 3 is 2.45 bits per heavy atom. The molecule has 150 valence electrons. The van der Waals surface area contributed by atoms with Gasteiger partial charge < -0.3 is 16.2 Å². The number of carbonyl (C=O) groups excluding carboxylic acids is 2. The smallest absolute Gasteiger partial charge is 0.255 e. The molecule has 2 unspecified atom stereocenters. The molecule has 8 heteroatoms. The van der Waals surface area contributed by atoms with Gasteiger partial charge in [-0.05, 0) is 36.2 Å². The Morgan fingerprint density at radius 2 is 1.83 bits per heavy atom. The number of nitrogens with one attached hydrogen (secondary N) is 1. The number of primary amides is 1. The SMILES string of the molecule is Cn1cc(C(=O)NC(Cc2ccccc2)C(O)C(N)=O)c(-c2ccc(F)cc2)n1. The van der Waals surface area contributed by atoms with Gasteiger partial charge in [0.1, 0.15) is 11.5 Å². The number of aromatic nitrogens is 2. The summed E-state index contributed by atoms with van der Waals surface area (Å²) in [6.07, 6.45) is 0.165. The Kier molecular flexibility index (Phi) is 6.04. The summed E-state index contributed by atoms with van der Waals surface area (Å²) < 4.78 is 14.7. The summed E-state index contributed by atoms with van der Waals surface area (Å²) in [7, 11) is 1.66. The predicted octanol–water partition coefficient (Wildman–Crippen LogP) is 1.41. The number of amides is 2. The van der Waals surface area contributed by atoms with Crippen molar-refractivity contribution in [2.24, 2.45) is 12.8 Å². The highest BCUT2D eigenvalue weighted by Crippen LogP contribution is 2.22. The number of nitrogens with zero attached hydrogens (tertiary/aromatic N) is 2. The maximum Gasteiger partial charge on any atom is 0.255 e. The molecule has 0 radical (unpaired) electrons. The van der Waals surface area contributed by atoms with E-state index in [1.807, 2.05) is 30.3 Å². The number of halogens is 1. The van der Waals surface area contributed by atoms with E-state index in [0.29, 0.717) is 11.3 Å². The minimum absolute atomic E-state index is 0.211. The lowest BCUT2D eigenvalue weighted by Gasteiger charge is -2.22. The Labute approximate surface area is 167 Å². The normalized spacial score (nSPS) is 12.9. The van der Waals surface area contributed by atoms with Crippen LogP contribution in [0, 0.1) is 5.82 Å². The molecule has 0 aliphatic carbocycles. The van der Waals surface area contributed by atoms with Crippen LogP contribution in [0.1, 0.15) is 15.9 Å². The molecule has 3 rings (SSSR count). The number of aryl methyl sites for hydroxylation is 1. The van der Waals surface area contributed by atoms with Gasteiger partial charge in [0.15, 0.2) is 6.10 Å². The van der Waals surface area contributed by atoms with Crippen LogP contribution in [0.25, 0.3) is 11.3 Å². The topological polar surface area (TPSA) is 110 Å². The van der Waals surface area contributed by atoms with Crippen molar-refractivity contribution in [3.63, 3.8) is 0 Å². The minimum Gasteiger partial charge on any atom is -0.381 e. The fraction of sp³-hybridized carbons (Fsp3) is 0.190. The van der Waals surface area contributed by atoms with Gasteiger partial charge in [-0.2, -0.15) is 5.10 Å². The van der Waals surface area contributed by atoms with Crippen molar-refractivity contribution in [1.82, 2.24) is 15.1 Å². The van der Waals surface area contributed by atoms with E-state index in [2.05, 4.69) is 10.4 Å². The fourth-order valence-electron chi connectivity index (χ4n) is 3.03. The predicted molar refractivity (Wildman–Crippen MR) is 105 cm³/mol. The molecule has 29 heavy (non-hydrogen) atoms. The van der Waals surface area contributed by atoms with Crippen molar-refractivity contribution in [2.45, 2.75) is 18.6 Å². The lowest BCUT2D eigenvalue weighted by Crippen LogP contribution is -2.50. The van der Waals surface area contributed by atoms with Crippen molar-refractivity contribution >= 4 is 11.8 Å². The second kappa shape index (κ2) is 8.66. The molecule has 3 aromatic rings. The molecule has 7 nitrogen and oxygen atoms in total. The number of hydrogen-bond donors (Lipinski definition) is 3. The van der Waals surface area contributed by atoms with Crippen LogP contribution in [0.4, 0.5) is 4.39 Å². The monoisotopic (exact) mass is 396 g/mol. The largest absolute Gasteiger partial charge is 0.381 e. The highest BCUT2D eigenvalue weighted by atomic mass is 19.1. The number of carbonyl (C=O) groups is 2. The van der Waals surface area contributed by atoms with Crippen molar-refractivity contribution in [3.8, 4) is 11.3 Å². The first-order chi connectivity index (χ1) is 13.8. The van der Waals surface area contributed by atoms with Gasteiger partial charge in [0.25, 0.3) is 5.91 Å². The molecular weight excluding hydrogens is 375 g/mol. The fourth-order valence-corrected chi connectivity index (χ4v) is 3.03. The van der Waals surface area contributed by atoms with Crippen molar-refractivity contribution in [3.05, 3.63) is 77.7 Å². The maximum absolute atomic E-state index is 13.2. The number of benzene rings is 2. The van der Waals surface area contributed by atoms with E-state index in [4.69, 9.17) is 5.73 Å². The molecule has 2 atom stereocenters. The number of aliphatic hydroxyl groups excluding tert-OH is 1. The van der Waals surface area contributed by atoms with Crippen LogP contribution in [0.15, 0.2) is 60.8 Å². The average molecular weight is 396 g/mol. The van der Waals surface area contributed by atoms with E-state index in [9.17, 15) is 19.1 Å². The lowest BCUT2D eigenvalue weighted by atomic mass is 10.00. The summed E-state index contributed by atoms with van der Waals surface area (Å²) in [6.45, 7) is 0. The molecule has 0 saturated heterocycles. The van der Waals surface area contributed by atoms with Gasteiger partial charge in [0.2, 0.25) is 5.91 Å². The van der Waals surface area contributed by atoms with Gasteiger partial charge in [-0.1, -0.05) is 30.3 Å². The first kappa shape index (κ1) is 20.2. The van der Waals surface area contributed by atoms with Crippen molar-refractivity contribution < 1.29 is 19.1 Å². The highest BCUT2D eigenvalue weighted by Gasteiger charge is 2.28. The Bertz CT molecular complexity index is 1000. The number of nitrogens with two attached hydrogens (primary N) is 1. The van der Waals surface area contributed by atoms with E-state index >= 15 is 0 Å². The zero-order valence-electron chi connectivity index (χ0n) is 15.7. The molecule has 0 bridgehead atoms. The van der Waals surface area contributed by atoms with Crippen molar-refractivity contribution in [1.29, 1.82) is 0 Å². The third kappa shape index (κ3) is 4.85. The van der Waals surface area contributed by atoms with Crippen LogP contribution < -0.4 is 11.1 Å². The first-order valence-corrected chi connectivity index (χ1v) is 8.97. The molecule has 4 N–H and O–H groups in total. The molecule has 1 heterocycles. The average Bonchev–Trinajstić information content (AvgIpc) is 3.10. The summed E-state index contributed by atoms with van der Waals surface area (Å²) in [4.78, 5) is 24.5. The van der Waals surface area contributed by atoms with E-state index in [0.717, 1.165) is 5.56 Å². The van der Waals surface area contributed by atoms with E-state index in [-0.39, 0.29) is 12.0 Å². The second-order valence-electron chi connectivity index (χ2n) is 6.69. The Morgan fingerprint density at radius 1 is 1.17 bits per heavy atom. The van der Waals surface area contributed by atoms with Crippen LogP contribution in [0.2, 0.25) is 0 Å². The van der Waals surface area contributed by atoms with Gasteiger partial charge in [-0.3, -0.25) is 14.3 Å². The van der Waals surface area contributed by atoms with Crippen LogP contribution in [0.5, 0.6) is 0 Å². The third-order valence-electron chi connectivity index (χ3n) is 4.48. The summed E-state index contributed by atoms with van der Waals surface area (Å²) in [5.41, 5.74) is 7.23. The molecule has 0 fully saturated rings. The van der Waals surface area contributed by atoms with Gasteiger partial charge in [-0.15, -0.1) is 0 Å². The highest BCUT2D eigenvalue weighted by molar-refractivity contribution is 6.00. The first-order valence-electron chi connectivity index (χ1n) is 8.97. The summed E-state index contributed by atoms with van der Waals surface area (Å²) in [5, 5.41) is 17.2. The quantitative estimate of drug-likeness (QED) is 0.561. The molecule has 2 aromatic carbocycles. The van der Waals surface area contributed by atoms with Crippen LogP contribution >= 0.6 is 0 Å². The van der Waals surface area contributed by atoms with E-state index < -0.39 is 29.8 Å². The Balaban J connectivity index is 1.88. The van der Waals surface area contributed by atoms with Gasteiger partial charge in [0.05, 0.1) is 11.6 Å². The number of rotatable bonds is 7. The summed E-state index contributed by atoms with van der Waals surface area (Å²) >= 11 is 0. The number of aliphatic hydroxyl groups is 1. The summed E-state index contributed by atoms with van der Waals surface area (Å²) in [6, 6.07) is 13.8. The number of hydrogen-bond acceptors (Lipinski definition) is 4. The standard InChI is InChI=1S/C21H21FN4O3/c1-26-12-16(18(25-26)14-7-9-15(22)10-8-14)21(29)24-17(19(27)20(23)28)11-13-5-3-2-4-6-13/h2-10,12,17,19,27H,11H2,1H3,(H2,23,28)(H,24,29). The van der Waals surface area contributed by atoms with Crippen molar-refractivity contribution in [2.75, 3.05) is 0 Å². The van der Waals surface area contributed by atoms with Gasteiger partial charge >= 0.3 is 0 Å². The molecule has 0 saturated carbocycles. The van der Waals surface area contributed by atoms with Gasteiger partial charge in [-0.25, -0.2) is 4.39 Å². The molecule has 0 spiro atoms. The third-order valence-corrected chi connectivity index (χ3v) is 4.48. The zero-order chi connectivity index (χ0) is 21.0. The Hall–Kier alpha value is -3.52. The van der Waals surface area contributed by atoms with Crippen LogP contribution in [0.3, 0.4) is 0 Å². The zero-order valence-corrected chi connectivity index (χ0v) is 15.7. The minimum atomic E-state index is -1.56. The molecule has 2 amide bonds. The molecule has 0 aliphatic heterocycles.